The van der Waals surface area contributed by atoms with Gasteiger partial charge in [-0.1, -0.05) is 43.0 Å². The van der Waals surface area contributed by atoms with E-state index in [0.29, 0.717) is 0 Å². The molecule has 0 aromatic heterocycles. The summed E-state index contributed by atoms with van der Waals surface area (Å²) in [6.07, 6.45) is 1.80. The van der Waals surface area contributed by atoms with E-state index >= 15 is 0 Å². The molecule has 1 aromatic carbocycles. The third kappa shape index (κ3) is 1.58. The zero-order valence-corrected chi connectivity index (χ0v) is 6.72. The van der Waals surface area contributed by atoms with Crippen molar-refractivity contribution in [2.45, 2.75) is 6.92 Å². The number of hydrogen-bond donors (Lipinski definition) is 0. The van der Waals surface area contributed by atoms with Crippen molar-refractivity contribution >= 4 is 11.6 Å². The van der Waals surface area contributed by atoms with Crippen LogP contribution in [0.15, 0.2) is 31.4 Å². The van der Waals surface area contributed by atoms with E-state index in [4.69, 9.17) is 0 Å². The minimum absolute atomic E-state index is 1.03. The first kappa shape index (κ1) is 7.80. The molecule has 0 bridgehead atoms. The molecule has 0 N–H and O–H groups in total. The SMILES string of the molecule is C=Cc1[c]cccc1C(=C)C. The molecule has 0 amide bonds. The Morgan fingerprint density at radius 1 is 1.64 bits per heavy atom. The first-order chi connectivity index (χ1) is 5.25. The summed E-state index contributed by atoms with van der Waals surface area (Å²) >= 11 is 0. The van der Waals surface area contributed by atoms with Crippen molar-refractivity contribution in [3.05, 3.63) is 48.6 Å². The number of rotatable bonds is 2. The van der Waals surface area contributed by atoms with Gasteiger partial charge in [-0.2, -0.15) is 0 Å². The summed E-state index contributed by atoms with van der Waals surface area (Å²) in [5.74, 6) is 0. The first-order valence-electron chi connectivity index (χ1n) is 3.54. The molecule has 0 spiro atoms. The minimum atomic E-state index is 1.03. The second-order valence-electron chi connectivity index (χ2n) is 2.48. The largest absolute Gasteiger partial charge is 0.0984 e. The molecule has 0 heterocycles. The molecule has 0 saturated heterocycles. The fourth-order valence-corrected chi connectivity index (χ4v) is 0.991. The molecular weight excluding hydrogens is 132 g/mol. The fraction of sp³-hybridized carbons (Fsp3) is 0.0909. The highest BCUT2D eigenvalue weighted by Gasteiger charge is 1.96. The Hall–Kier alpha value is -1.30. The summed E-state index contributed by atoms with van der Waals surface area (Å²) in [4.78, 5) is 0. The second-order valence-corrected chi connectivity index (χ2v) is 2.48. The number of allylic oxidation sites excluding steroid dienone is 1. The molecule has 1 rings (SSSR count). The molecule has 0 nitrogen and oxygen atoms in total. The van der Waals surface area contributed by atoms with Gasteiger partial charge in [-0.15, -0.1) is 0 Å². The molecule has 55 valence electrons. The maximum Gasteiger partial charge on any atom is -0.00993 e. The van der Waals surface area contributed by atoms with Gasteiger partial charge in [0.1, 0.15) is 0 Å². The van der Waals surface area contributed by atoms with E-state index in [2.05, 4.69) is 19.2 Å². The van der Waals surface area contributed by atoms with Gasteiger partial charge in [-0.3, -0.25) is 0 Å². The lowest BCUT2D eigenvalue weighted by Crippen LogP contribution is -1.82. The van der Waals surface area contributed by atoms with Gasteiger partial charge in [0.2, 0.25) is 0 Å². The quantitative estimate of drug-likeness (QED) is 0.596. The van der Waals surface area contributed by atoms with Crippen LogP contribution in [0.3, 0.4) is 0 Å². The smallest absolute Gasteiger partial charge is 0.00993 e. The van der Waals surface area contributed by atoms with E-state index in [1.165, 1.54) is 0 Å². The predicted molar refractivity (Wildman–Crippen MR) is 50.1 cm³/mol. The Kier molecular flexibility index (Phi) is 2.27. The average molecular weight is 143 g/mol. The predicted octanol–water partition coefficient (Wildman–Crippen LogP) is 3.16. The lowest BCUT2D eigenvalue weighted by atomic mass is 10.0. The van der Waals surface area contributed by atoms with E-state index in [1.807, 2.05) is 25.1 Å². The Morgan fingerprint density at radius 3 is 2.82 bits per heavy atom. The summed E-state index contributed by atoms with van der Waals surface area (Å²) in [6.45, 7) is 9.55. The van der Waals surface area contributed by atoms with Crippen LogP contribution in [-0.2, 0) is 0 Å². The van der Waals surface area contributed by atoms with Crippen molar-refractivity contribution in [1.82, 2.24) is 0 Å². The normalized spacial score (nSPS) is 9.18. The van der Waals surface area contributed by atoms with Gasteiger partial charge >= 0.3 is 0 Å². The maximum atomic E-state index is 3.87. The van der Waals surface area contributed by atoms with E-state index in [9.17, 15) is 0 Å². The van der Waals surface area contributed by atoms with Gasteiger partial charge in [0.25, 0.3) is 0 Å². The van der Waals surface area contributed by atoms with Crippen LogP contribution in [0.25, 0.3) is 11.6 Å². The fourth-order valence-electron chi connectivity index (χ4n) is 0.991. The summed E-state index contributed by atoms with van der Waals surface area (Å²) in [7, 11) is 0. The molecule has 0 aliphatic rings. The van der Waals surface area contributed by atoms with Gasteiger partial charge in [0.05, 0.1) is 0 Å². The van der Waals surface area contributed by atoms with Crippen molar-refractivity contribution in [2.75, 3.05) is 0 Å². The van der Waals surface area contributed by atoms with Crippen molar-refractivity contribution < 1.29 is 0 Å². The third-order valence-corrected chi connectivity index (χ3v) is 1.55. The molecule has 1 radical (unpaired) electrons. The van der Waals surface area contributed by atoms with Crippen LogP contribution in [-0.4, -0.2) is 0 Å². The van der Waals surface area contributed by atoms with Crippen LogP contribution in [0.5, 0.6) is 0 Å². The van der Waals surface area contributed by atoms with Crippen LogP contribution in [0.4, 0.5) is 0 Å². The van der Waals surface area contributed by atoms with E-state index in [-0.39, 0.29) is 0 Å². The van der Waals surface area contributed by atoms with E-state index in [0.717, 1.165) is 16.7 Å². The zero-order valence-electron chi connectivity index (χ0n) is 6.72. The standard InChI is InChI=1S/C11H11/c1-4-10-7-5-6-8-11(10)9(2)3/h4-6,8H,1-2H2,3H3. The van der Waals surface area contributed by atoms with Crippen LogP contribution < -0.4 is 0 Å². The van der Waals surface area contributed by atoms with Crippen molar-refractivity contribution in [2.24, 2.45) is 0 Å². The molecule has 0 heteroatoms. The van der Waals surface area contributed by atoms with E-state index < -0.39 is 0 Å². The summed E-state index contributed by atoms with van der Waals surface area (Å²) in [6, 6.07) is 8.95. The molecule has 0 aliphatic carbocycles. The average Bonchev–Trinajstić information content (AvgIpc) is 2.04. The minimum Gasteiger partial charge on any atom is -0.0984 e. The number of hydrogen-bond acceptors (Lipinski definition) is 0. The molecule has 11 heavy (non-hydrogen) atoms. The monoisotopic (exact) mass is 143 g/mol. The zero-order chi connectivity index (χ0) is 8.27. The Balaban J connectivity index is 3.22. The molecule has 0 unspecified atom stereocenters. The Bertz CT molecular complexity index is 282. The lowest BCUT2D eigenvalue weighted by Gasteiger charge is -2.02. The van der Waals surface area contributed by atoms with Crippen molar-refractivity contribution in [3.63, 3.8) is 0 Å². The number of benzene rings is 1. The topological polar surface area (TPSA) is 0 Å². The molecule has 0 aliphatic heterocycles. The van der Waals surface area contributed by atoms with Gasteiger partial charge in [0.15, 0.2) is 0 Å². The summed E-state index contributed by atoms with van der Waals surface area (Å²) < 4.78 is 0. The molecule has 0 atom stereocenters. The molecule has 0 fully saturated rings. The van der Waals surface area contributed by atoms with E-state index in [1.54, 1.807) is 6.08 Å². The van der Waals surface area contributed by atoms with Crippen LogP contribution in [0, 0.1) is 6.07 Å². The summed E-state index contributed by atoms with van der Waals surface area (Å²) in [5.41, 5.74) is 3.21. The van der Waals surface area contributed by atoms with Gasteiger partial charge in [0, 0.05) is 0 Å². The highest BCUT2D eigenvalue weighted by molar-refractivity contribution is 5.70. The lowest BCUT2D eigenvalue weighted by molar-refractivity contribution is 1.54. The van der Waals surface area contributed by atoms with Crippen molar-refractivity contribution in [1.29, 1.82) is 0 Å². The van der Waals surface area contributed by atoms with Crippen LogP contribution >= 0.6 is 0 Å². The van der Waals surface area contributed by atoms with Gasteiger partial charge < -0.3 is 0 Å². The molecular formula is C11H11. The van der Waals surface area contributed by atoms with Gasteiger partial charge in [-0.05, 0) is 24.1 Å². The highest BCUT2D eigenvalue weighted by atomic mass is 14.0. The van der Waals surface area contributed by atoms with Crippen LogP contribution in [0.1, 0.15) is 18.1 Å². The molecule has 0 saturated carbocycles. The Labute approximate surface area is 67.9 Å². The van der Waals surface area contributed by atoms with Crippen molar-refractivity contribution in [3.8, 4) is 0 Å². The maximum absolute atomic E-state index is 3.87. The van der Waals surface area contributed by atoms with Crippen LogP contribution in [0.2, 0.25) is 0 Å². The van der Waals surface area contributed by atoms with Gasteiger partial charge in [-0.25, -0.2) is 0 Å². The Morgan fingerprint density at radius 2 is 2.36 bits per heavy atom. The first-order valence-corrected chi connectivity index (χ1v) is 3.54. The third-order valence-electron chi connectivity index (χ3n) is 1.55. The highest BCUT2D eigenvalue weighted by Crippen LogP contribution is 2.16. The second kappa shape index (κ2) is 3.20. The summed E-state index contributed by atoms with van der Waals surface area (Å²) in [5, 5.41) is 0. The molecule has 1 aromatic rings.